The molecule has 4 nitrogen and oxygen atoms in total. The van der Waals surface area contributed by atoms with Crippen molar-refractivity contribution in [2.75, 3.05) is 0 Å². The second-order valence-corrected chi connectivity index (χ2v) is 14.7. The highest BCUT2D eigenvalue weighted by Gasteiger charge is 2.18. The summed E-state index contributed by atoms with van der Waals surface area (Å²) in [6.45, 7) is 0. The van der Waals surface area contributed by atoms with E-state index in [2.05, 4.69) is 126 Å². The highest BCUT2D eigenvalue weighted by Crippen LogP contribution is 2.42. The number of hydrogen-bond donors (Lipinski definition) is 0. The summed E-state index contributed by atoms with van der Waals surface area (Å²) >= 11 is 1.81. The third-order valence-corrected chi connectivity index (χ3v) is 11.6. The van der Waals surface area contributed by atoms with Crippen LogP contribution < -0.4 is 0 Å². The normalized spacial score (nSPS) is 11.7. The van der Waals surface area contributed by atoms with Crippen LogP contribution in [-0.4, -0.2) is 19.5 Å². The number of thiophene rings is 1. The zero-order valence-corrected chi connectivity index (χ0v) is 29.8. The van der Waals surface area contributed by atoms with Gasteiger partial charge in [-0.3, -0.25) is 0 Å². The fraction of sp³-hybridized carbons (Fsp3) is 0. The Kier molecular flexibility index (Phi) is 7.00. The molecular formula is C49H30N4S. The molecule has 0 aliphatic heterocycles. The molecule has 0 spiro atoms. The van der Waals surface area contributed by atoms with E-state index >= 15 is 0 Å². The van der Waals surface area contributed by atoms with Gasteiger partial charge in [0, 0.05) is 53.3 Å². The second kappa shape index (κ2) is 12.3. The Labute approximate surface area is 315 Å². The summed E-state index contributed by atoms with van der Waals surface area (Å²) in [5.41, 5.74) is 8.88. The number of rotatable bonds is 5. The predicted octanol–water partition coefficient (Wildman–Crippen LogP) is 13.2. The smallest absolute Gasteiger partial charge is 0.164 e. The van der Waals surface area contributed by atoms with Crippen LogP contribution in [-0.2, 0) is 0 Å². The zero-order chi connectivity index (χ0) is 35.6. The van der Waals surface area contributed by atoms with E-state index in [4.69, 9.17) is 15.0 Å². The molecule has 0 atom stereocenters. The Balaban J connectivity index is 1.01. The molecule has 0 N–H and O–H groups in total. The van der Waals surface area contributed by atoms with Gasteiger partial charge >= 0.3 is 0 Å². The summed E-state index contributed by atoms with van der Waals surface area (Å²) in [7, 11) is 0. The first-order valence-corrected chi connectivity index (χ1v) is 18.9. The van der Waals surface area contributed by atoms with Gasteiger partial charge < -0.3 is 4.57 Å². The Hall–Kier alpha value is -6.95. The molecule has 0 unspecified atom stereocenters. The topological polar surface area (TPSA) is 43.6 Å². The van der Waals surface area contributed by atoms with E-state index in [0.717, 1.165) is 22.4 Å². The van der Waals surface area contributed by atoms with Gasteiger partial charge in [0.05, 0.1) is 11.0 Å². The molecule has 54 heavy (non-hydrogen) atoms. The lowest BCUT2D eigenvalue weighted by Crippen LogP contribution is -2.00. The molecule has 0 bridgehead atoms. The maximum Gasteiger partial charge on any atom is 0.164 e. The van der Waals surface area contributed by atoms with Crippen LogP contribution in [0.25, 0.3) is 104 Å². The standard InChI is InChI=1S/C49H30N4S/c1-3-12-32(13-4-1)47-50-48(33-14-5-2-6-15-33)52-49(51-47)40-19-11-21-44-46(40)39-27-24-36(30-45(39)54-44)31-22-25-37(26-23-31)53-42-20-10-9-18-38(42)41-28-34-16-7-8-17-35(34)29-43(41)53/h1-30H. The molecular weight excluding hydrogens is 677 g/mol. The van der Waals surface area contributed by atoms with Crippen molar-refractivity contribution >= 4 is 64.1 Å². The fourth-order valence-electron chi connectivity index (χ4n) is 7.86. The van der Waals surface area contributed by atoms with Crippen LogP contribution in [0, 0.1) is 0 Å². The maximum absolute atomic E-state index is 5.06. The van der Waals surface area contributed by atoms with E-state index in [-0.39, 0.29) is 0 Å². The van der Waals surface area contributed by atoms with Gasteiger partial charge in [0.2, 0.25) is 0 Å². The number of para-hydroxylation sites is 1. The fourth-order valence-corrected chi connectivity index (χ4v) is 9.03. The molecule has 3 heterocycles. The molecule has 0 saturated heterocycles. The molecule has 252 valence electrons. The minimum Gasteiger partial charge on any atom is -0.309 e. The quantitative estimate of drug-likeness (QED) is 0.179. The van der Waals surface area contributed by atoms with Gasteiger partial charge in [-0.2, -0.15) is 0 Å². The van der Waals surface area contributed by atoms with Gasteiger partial charge in [0.25, 0.3) is 0 Å². The molecule has 0 fully saturated rings. The minimum atomic E-state index is 0.663. The van der Waals surface area contributed by atoms with Gasteiger partial charge in [0.15, 0.2) is 17.5 Å². The average molecular weight is 707 g/mol. The monoisotopic (exact) mass is 706 g/mol. The van der Waals surface area contributed by atoms with Crippen LogP contribution in [0.5, 0.6) is 0 Å². The molecule has 11 aromatic rings. The van der Waals surface area contributed by atoms with Crippen molar-refractivity contribution in [2.24, 2.45) is 0 Å². The molecule has 0 aliphatic carbocycles. The van der Waals surface area contributed by atoms with Crippen LogP contribution in [0.15, 0.2) is 182 Å². The summed E-state index contributed by atoms with van der Waals surface area (Å²) < 4.78 is 4.83. The molecule has 0 saturated carbocycles. The van der Waals surface area contributed by atoms with Crippen molar-refractivity contribution in [3.05, 3.63) is 182 Å². The van der Waals surface area contributed by atoms with E-state index in [1.54, 1.807) is 0 Å². The van der Waals surface area contributed by atoms with E-state index < -0.39 is 0 Å². The number of fused-ring (bicyclic) bond motifs is 7. The molecule has 11 rings (SSSR count). The molecule has 8 aromatic carbocycles. The number of hydrogen-bond acceptors (Lipinski definition) is 4. The zero-order valence-electron chi connectivity index (χ0n) is 29.0. The molecule has 5 heteroatoms. The van der Waals surface area contributed by atoms with E-state index in [0.29, 0.717) is 17.5 Å². The van der Waals surface area contributed by atoms with Crippen molar-refractivity contribution in [1.82, 2.24) is 19.5 Å². The van der Waals surface area contributed by atoms with E-state index in [1.165, 1.54) is 63.9 Å². The third kappa shape index (κ3) is 5.01. The minimum absolute atomic E-state index is 0.663. The summed E-state index contributed by atoms with van der Waals surface area (Å²) in [5, 5.41) is 7.41. The van der Waals surface area contributed by atoms with Crippen LogP contribution in [0.1, 0.15) is 0 Å². The number of aromatic nitrogens is 4. The third-order valence-electron chi connectivity index (χ3n) is 10.4. The Morgan fingerprint density at radius 2 is 1.00 bits per heavy atom. The van der Waals surface area contributed by atoms with Gasteiger partial charge in [-0.1, -0.05) is 140 Å². The Morgan fingerprint density at radius 1 is 0.370 bits per heavy atom. The highest BCUT2D eigenvalue weighted by atomic mass is 32.1. The van der Waals surface area contributed by atoms with Crippen molar-refractivity contribution in [1.29, 1.82) is 0 Å². The summed E-state index contributed by atoms with van der Waals surface area (Å²) in [6.07, 6.45) is 0. The van der Waals surface area contributed by atoms with E-state index in [1.807, 2.05) is 72.0 Å². The first-order valence-electron chi connectivity index (χ1n) is 18.1. The number of benzene rings is 8. The summed E-state index contributed by atoms with van der Waals surface area (Å²) in [6, 6.07) is 64.5. The SMILES string of the molecule is c1ccc(-c2nc(-c3ccccc3)nc(-c3cccc4sc5cc(-c6ccc(-n7c8ccccc8c8cc9ccccc9cc87)cc6)ccc5c34)n2)cc1. The Morgan fingerprint density at radius 3 is 1.74 bits per heavy atom. The summed E-state index contributed by atoms with van der Waals surface area (Å²) in [5.74, 6) is 2.00. The first kappa shape index (κ1) is 30.7. The number of nitrogens with zero attached hydrogens (tertiary/aromatic N) is 4. The second-order valence-electron chi connectivity index (χ2n) is 13.6. The lowest BCUT2D eigenvalue weighted by molar-refractivity contribution is 1.08. The largest absolute Gasteiger partial charge is 0.309 e. The average Bonchev–Trinajstić information content (AvgIpc) is 3.78. The predicted molar refractivity (Wildman–Crippen MR) is 226 cm³/mol. The highest BCUT2D eigenvalue weighted by molar-refractivity contribution is 7.26. The first-order chi connectivity index (χ1) is 26.7. The van der Waals surface area contributed by atoms with Gasteiger partial charge in [0.1, 0.15) is 0 Å². The lowest BCUT2D eigenvalue weighted by Gasteiger charge is -2.10. The van der Waals surface area contributed by atoms with Crippen molar-refractivity contribution in [2.45, 2.75) is 0 Å². The van der Waals surface area contributed by atoms with Crippen LogP contribution >= 0.6 is 11.3 Å². The van der Waals surface area contributed by atoms with Crippen LogP contribution in [0.4, 0.5) is 0 Å². The molecule has 0 aliphatic rings. The van der Waals surface area contributed by atoms with Gasteiger partial charge in [-0.15, -0.1) is 11.3 Å². The molecule has 0 amide bonds. The Bertz CT molecular complexity index is 3140. The maximum atomic E-state index is 5.06. The van der Waals surface area contributed by atoms with Crippen LogP contribution in [0.2, 0.25) is 0 Å². The summed E-state index contributed by atoms with van der Waals surface area (Å²) in [4.78, 5) is 15.0. The van der Waals surface area contributed by atoms with Crippen molar-refractivity contribution < 1.29 is 0 Å². The molecule has 0 radical (unpaired) electrons. The lowest BCUT2D eigenvalue weighted by atomic mass is 10.0. The van der Waals surface area contributed by atoms with Crippen LogP contribution in [0.3, 0.4) is 0 Å². The van der Waals surface area contributed by atoms with E-state index in [9.17, 15) is 0 Å². The van der Waals surface area contributed by atoms with Crippen molar-refractivity contribution in [3.8, 4) is 51.0 Å². The van der Waals surface area contributed by atoms with Crippen molar-refractivity contribution in [3.63, 3.8) is 0 Å². The van der Waals surface area contributed by atoms with Gasteiger partial charge in [-0.25, -0.2) is 15.0 Å². The molecule has 3 aromatic heterocycles. The van der Waals surface area contributed by atoms with Gasteiger partial charge in [-0.05, 0) is 64.4 Å².